The summed E-state index contributed by atoms with van der Waals surface area (Å²) in [5.74, 6) is 0.895. The predicted octanol–water partition coefficient (Wildman–Crippen LogP) is 8.81. The summed E-state index contributed by atoms with van der Waals surface area (Å²) in [6.45, 7) is 0.893. The van der Waals surface area contributed by atoms with Crippen molar-refractivity contribution in [2.45, 2.75) is 153 Å². The molecule has 0 saturated heterocycles. The Labute approximate surface area is 207 Å². The molecule has 0 radical (unpaired) electrons. The van der Waals surface area contributed by atoms with Gasteiger partial charge in [0.1, 0.15) is 4.88 Å². The van der Waals surface area contributed by atoms with Gasteiger partial charge in [-0.3, -0.25) is 4.79 Å². The fourth-order valence-corrected chi connectivity index (χ4v) is 7.61. The summed E-state index contributed by atoms with van der Waals surface area (Å²) in [7, 11) is 0. The van der Waals surface area contributed by atoms with E-state index >= 15 is 0 Å². The summed E-state index contributed by atoms with van der Waals surface area (Å²) in [6.07, 6.45) is 29.2. The summed E-state index contributed by atoms with van der Waals surface area (Å²) in [4.78, 5) is 22.0. The van der Waals surface area contributed by atoms with Crippen molar-refractivity contribution in [3.8, 4) is 0 Å². The molecule has 4 rings (SSSR count). The van der Waals surface area contributed by atoms with E-state index in [0.717, 1.165) is 23.5 Å². The summed E-state index contributed by atoms with van der Waals surface area (Å²) in [6, 6.07) is 0.454. The van der Waals surface area contributed by atoms with Crippen molar-refractivity contribution in [3.63, 3.8) is 0 Å². The van der Waals surface area contributed by atoms with Gasteiger partial charge < -0.3 is 4.90 Å². The highest BCUT2D eigenvalue weighted by atomic mass is 32.1. The van der Waals surface area contributed by atoms with E-state index in [-0.39, 0.29) is 0 Å². The maximum absolute atomic E-state index is 13.6. The van der Waals surface area contributed by atoms with E-state index in [2.05, 4.69) is 4.90 Å². The molecule has 2 saturated carbocycles. The Bertz CT molecular complexity index is 690. The number of fused-ring (bicyclic) bond motifs is 1. The van der Waals surface area contributed by atoms with Crippen molar-refractivity contribution in [2.24, 2.45) is 0 Å². The van der Waals surface area contributed by atoms with Crippen LogP contribution in [0, 0.1) is 0 Å². The van der Waals surface area contributed by atoms with E-state index in [4.69, 9.17) is 4.98 Å². The van der Waals surface area contributed by atoms with Gasteiger partial charge in [-0.25, -0.2) is 4.98 Å². The molecule has 2 heterocycles. The molecule has 0 bridgehead atoms. The van der Waals surface area contributed by atoms with Gasteiger partial charge in [0.15, 0.2) is 0 Å². The molecule has 1 aromatic rings. The summed E-state index contributed by atoms with van der Waals surface area (Å²) in [5, 5.41) is 1.29. The maximum Gasteiger partial charge on any atom is 0.266 e. The molecule has 33 heavy (non-hydrogen) atoms. The molecule has 2 fully saturated rings. The molecule has 3 aliphatic rings. The van der Waals surface area contributed by atoms with Gasteiger partial charge in [0.05, 0.1) is 10.7 Å². The van der Waals surface area contributed by atoms with Crippen molar-refractivity contribution in [1.29, 1.82) is 0 Å². The van der Waals surface area contributed by atoms with E-state index in [1.807, 2.05) is 0 Å². The molecule has 186 valence electrons. The molecule has 0 aromatic carbocycles. The lowest BCUT2D eigenvalue weighted by atomic mass is 9.93. The molecule has 1 aliphatic heterocycles. The molecule has 0 atom stereocenters. The standard InChI is InChI=1S/C29H48N2OS/c32-29-27-26(22-23-31(29)25-20-16-12-8-4-5-9-13-17-21-25)30-28(33-27)24-18-14-10-6-2-1-3-7-11-15-19-24/h24-25H,1-23H2. The zero-order valence-electron chi connectivity index (χ0n) is 21.1. The molecule has 4 heteroatoms. The minimum Gasteiger partial charge on any atom is -0.335 e. The summed E-state index contributed by atoms with van der Waals surface area (Å²) in [5.41, 5.74) is 1.12. The third-order valence-corrected chi connectivity index (χ3v) is 9.73. The Morgan fingerprint density at radius 1 is 0.636 bits per heavy atom. The van der Waals surface area contributed by atoms with Gasteiger partial charge >= 0.3 is 0 Å². The van der Waals surface area contributed by atoms with E-state index in [1.54, 1.807) is 11.3 Å². The third-order valence-electron chi connectivity index (χ3n) is 8.48. The van der Waals surface area contributed by atoms with Crippen molar-refractivity contribution in [2.75, 3.05) is 6.54 Å². The van der Waals surface area contributed by atoms with E-state index in [9.17, 15) is 4.79 Å². The molecule has 1 aromatic heterocycles. The Kier molecular flexibility index (Phi) is 10.6. The molecule has 3 nitrogen and oxygen atoms in total. The van der Waals surface area contributed by atoms with Gasteiger partial charge in [0.2, 0.25) is 0 Å². The third kappa shape index (κ3) is 7.54. The van der Waals surface area contributed by atoms with Crippen LogP contribution >= 0.6 is 11.3 Å². The number of carbonyl (C=O) groups excluding carboxylic acids is 1. The van der Waals surface area contributed by atoms with Crippen LogP contribution in [0.2, 0.25) is 0 Å². The molecular weight excluding hydrogens is 424 g/mol. The lowest BCUT2D eigenvalue weighted by molar-refractivity contribution is 0.0638. The van der Waals surface area contributed by atoms with E-state index < -0.39 is 0 Å². The Morgan fingerprint density at radius 3 is 1.61 bits per heavy atom. The number of carbonyl (C=O) groups is 1. The van der Waals surface area contributed by atoms with Crippen LogP contribution in [-0.2, 0) is 6.42 Å². The van der Waals surface area contributed by atoms with Crippen LogP contribution < -0.4 is 0 Å². The van der Waals surface area contributed by atoms with Gasteiger partial charge in [0.25, 0.3) is 5.91 Å². The Hall–Kier alpha value is -0.900. The molecule has 0 N–H and O–H groups in total. The first kappa shape index (κ1) is 25.2. The monoisotopic (exact) mass is 472 g/mol. The van der Waals surface area contributed by atoms with Crippen LogP contribution in [0.4, 0.5) is 0 Å². The number of hydrogen-bond acceptors (Lipinski definition) is 3. The van der Waals surface area contributed by atoms with Gasteiger partial charge in [-0.1, -0.05) is 109 Å². The highest BCUT2D eigenvalue weighted by Gasteiger charge is 2.33. The Morgan fingerprint density at radius 2 is 1.09 bits per heavy atom. The molecule has 1 amide bonds. The molecular formula is C29H48N2OS. The van der Waals surface area contributed by atoms with Crippen molar-refractivity contribution >= 4 is 17.2 Å². The highest BCUT2D eigenvalue weighted by Crippen LogP contribution is 2.36. The van der Waals surface area contributed by atoms with Gasteiger partial charge in [-0.2, -0.15) is 0 Å². The molecule has 0 unspecified atom stereocenters. The lowest BCUT2D eigenvalue weighted by Crippen LogP contribution is -2.44. The quantitative estimate of drug-likeness (QED) is 0.431. The molecule has 2 aliphatic carbocycles. The lowest BCUT2D eigenvalue weighted by Gasteiger charge is -2.34. The first-order chi connectivity index (χ1) is 16.3. The van der Waals surface area contributed by atoms with Crippen molar-refractivity contribution < 1.29 is 4.79 Å². The van der Waals surface area contributed by atoms with Crippen molar-refractivity contribution in [1.82, 2.24) is 9.88 Å². The van der Waals surface area contributed by atoms with Crippen LogP contribution in [0.1, 0.15) is 161 Å². The van der Waals surface area contributed by atoms with Crippen LogP contribution in [0.15, 0.2) is 0 Å². The van der Waals surface area contributed by atoms with Crippen molar-refractivity contribution in [3.05, 3.63) is 15.6 Å². The second-order valence-corrected chi connectivity index (χ2v) is 12.1. The number of hydrogen-bond donors (Lipinski definition) is 0. The SMILES string of the molecule is O=C1c2sc(C3CCCCCCCCCCC3)nc2CCN1C1CCCCCCCCCC1. The summed E-state index contributed by atoms with van der Waals surface area (Å²) < 4.78 is 0. The normalized spacial score (nSPS) is 24.4. The van der Waals surface area contributed by atoms with Crippen LogP contribution in [0.25, 0.3) is 0 Å². The fourth-order valence-electron chi connectivity index (χ4n) is 6.37. The second-order valence-electron chi connectivity index (χ2n) is 11.1. The number of aromatic nitrogens is 1. The predicted molar refractivity (Wildman–Crippen MR) is 140 cm³/mol. The number of rotatable bonds is 2. The molecule has 0 spiro atoms. The number of thiazole rings is 1. The summed E-state index contributed by atoms with van der Waals surface area (Å²) >= 11 is 1.77. The topological polar surface area (TPSA) is 33.2 Å². The maximum atomic E-state index is 13.6. The van der Waals surface area contributed by atoms with E-state index in [0.29, 0.717) is 17.9 Å². The first-order valence-electron chi connectivity index (χ1n) is 14.6. The zero-order chi connectivity index (χ0) is 22.7. The highest BCUT2D eigenvalue weighted by molar-refractivity contribution is 7.13. The second kappa shape index (κ2) is 13.9. The van der Waals surface area contributed by atoms with Crippen LogP contribution in [0.5, 0.6) is 0 Å². The van der Waals surface area contributed by atoms with Crippen LogP contribution in [-0.4, -0.2) is 28.4 Å². The smallest absolute Gasteiger partial charge is 0.266 e. The fraction of sp³-hybridized carbons (Fsp3) is 0.862. The first-order valence-corrected chi connectivity index (χ1v) is 15.4. The van der Waals surface area contributed by atoms with Gasteiger partial charge in [-0.05, 0) is 25.7 Å². The number of nitrogens with zero attached hydrogens (tertiary/aromatic N) is 2. The van der Waals surface area contributed by atoms with Gasteiger partial charge in [0, 0.05) is 24.9 Å². The minimum absolute atomic E-state index is 0.313. The average Bonchev–Trinajstić information content (AvgIpc) is 3.22. The van der Waals surface area contributed by atoms with E-state index in [1.165, 1.54) is 140 Å². The van der Waals surface area contributed by atoms with Gasteiger partial charge in [-0.15, -0.1) is 11.3 Å². The Balaban J connectivity index is 1.41. The van der Waals surface area contributed by atoms with Crippen LogP contribution in [0.3, 0.4) is 0 Å². The minimum atomic E-state index is 0.313. The zero-order valence-corrected chi connectivity index (χ0v) is 21.9. The number of amides is 1. The largest absolute Gasteiger partial charge is 0.335 e. The average molecular weight is 473 g/mol.